The summed E-state index contributed by atoms with van der Waals surface area (Å²) in [6, 6.07) is 18.2. The van der Waals surface area contributed by atoms with Gasteiger partial charge in [-0.3, -0.25) is 9.78 Å². The summed E-state index contributed by atoms with van der Waals surface area (Å²) in [5, 5.41) is 9.72. The number of pyridine rings is 1. The first-order valence-corrected chi connectivity index (χ1v) is 11.3. The number of hydrogen-bond acceptors (Lipinski definition) is 5. The molecule has 2 aromatic carbocycles. The number of benzene rings is 2. The lowest BCUT2D eigenvalue weighted by atomic mass is 9.97. The average molecular weight is 450 g/mol. The summed E-state index contributed by atoms with van der Waals surface area (Å²) in [6.45, 7) is 4.28. The summed E-state index contributed by atoms with van der Waals surface area (Å²) in [6.07, 6.45) is 4.27. The summed E-state index contributed by atoms with van der Waals surface area (Å²) in [5.74, 6) is 0.650. The minimum absolute atomic E-state index is 0.123. The van der Waals surface area contributed by atoms with Crippen molar-refractivity contribution >= 4 is 22.3 Å². The Kier molecular flexibility index (Phi) is 4.76. The first-order valence-electron chi connectivity index (χ1n) is 11.3. The van der Waals surface area contributed by atoms with Gasteiger partial charge in [0.2, 0.25) is 0 Å². The highest BCUT2D eigenvalue weighted by molar-refractivity contribution is 5.93. The van der Waals surface area contributed by atoms with Gasteiger partial charge in [-0.1, -0.05) is 24.3 Å². The molecule has 7 heteroatoms. The van der Waals surface area contributed by atoms with Gasteiger partial charge in [-0.05, 0) is 54.4 Å². The number of carbonyl (C=O) groups is 1. The van der Waals surface area contributed by atoms with Crippen LogP contribution in [0.4, 0.5) is 0 Å². The Morgan fingerprint density at radius 2 is 2.03 bits per heavy atom. The number of nitrogens with zero attached hydrogens (tertiary/aromatic N) is 4. The van der Waals surface area contributed by atoms with Crippen molar-refractivity contribution in [3.05, 3.63) is 89.6 Å². The number of amides is 1. The molecule has 0 radical (unpaired) electrons. The van der Waals surface area contributed by atoms with Crippen LogP contribution in [0.5, 0.6) is 5.75 Å². The molecule has 0 saturated carbocycles. The zero-order valence-corrected chi connectivity index (χ0v) is 18.9. The molecule has 1 unspecified atom stereocenters. The monoisotopic (exact) mass is 449 g/mol. The lowest BCUT2D eigenvalue weighted by Crippen LogP contribution is -2.34. The van der Waals surface area contributed by atoms with E-state index in [1.807, 2.05) is 38.2 Å². The van der Waals surface area contributed by atoms with Crippen molar-refractivity contribution in [2.75, 3.05) is 6.54 Å². The van der Waals surface area contributed by atoms with Crippen LogP contribution in [0.15, 0.2) is 67.0 Å². The second-order valence-electron chi connectivity index (χ2n) is 8.71. The van der Waals surface area contributed by atoms with Crippen LogP contribution >= 0.6 is 0 Å². The maximum Gasteiger partial charge on any atom is 0.272 e. The fourth-order valence-corrected chi connectivity index (χ4v) is 4.67. The molecule has 1 aliphatic rings. The van der Waals surface area contributed by atoms with Crippen LogP contribution in [-0.4, -0.2) is 38.1 Å². The SMILES string of the molecule is Cc1cc(C)n2nc(C(=O)NCC3Cc4c(ccc5cc(-c6cccnc6)ccc45)O3)cc2n1. The van der Waals surface area contributed by atoms with Gasteiger partial charge < -0.3 is 10.1 Å². The van der Waals surface area contributed by atoms with Gasteiger partial charge in [-0.25, -0.2) is 9.50 Å². The molecule has 6 rings (SSSR count). The van der Waals surface area contributed by atoms with E-state index in [0.29, 0.717) is 17.9 Å². The second kappa shape index (κ2) is 7.95. The normalized spacial score (nSPS) is 14.8. The van der Waals surface area contributed by atoms with Crippen molar-refractivity contribution in [2.24, 2.45) is 0 Å². The highest BCUT2D eigenvalue weighted by atomic mass is 16.5. The smallest absolute Gasteiger partial charge is 0.272 e. The Hall–Kier alpha value is -4.26. The molecule has 7 nitrogen and oxygen atoms in total. The van der Waals surface area contributed by atoms with Crippen LogP contribution in [0.25, 0.3) is 27.5 Å². The molecule has 1 N–H and O–H groups in total. The Bertz CT molecular complexity index is 1560. The number of fused-ring (bicyclic) bond motifs is 4. The lowest BCUT2D eigenvalue weighted by molar-refractivity contribution is 0.0928. The van der Waals surface area contributed by atoms with E-state index < -0.39 is 0 Å². The van der Waals surface area contributed by atoms with Crippen LogP contribution in [0, 0.1) is 13.8 Å². The van der Waals surface area contributed by atoms with Crippen molar-refractivity contribution in [1.29, 1.82) is 0 Å². The fraction of sp³-hybridized carbons (Fsp3) is 0.185. The topological polar surface area (TPSA) is 81.4 Å². The summed E-state index contributed by atoms with van der Waals surface area (Å²) < 4.78 is 7.84. The van der Waals surface area contributed by atoms with Gasteiger partial charge in [0, 0.05) is 47.4 Å². The largest absolute Gasteiger partial charge is 0.488 e. The first kappa shape index (κ1) is 20.4. The van der Waals surface area contributed by atoms with E-state index in [4.69, 9.17) is 4.74 Å². The fourth-order valence-electron chi connectivity index (χ4n) is 4.67. The Morgan fingerprint density at radius 1 is 1.12 bits per heavy atom. The van der Waals surface area contributed by atoms with Crippen molar-refractivity contribution in [1.82, 2.24) is 24.9 Å². The van der Waals surface area contributed by atoms with Crippen molar-refractivity contribution in [3.63, 3.8) is 0 Å². The number of carbonyl (C=O) groups excluding carboxylic acids is 1. The van der Waals surface area contributed by atoms with Crippen LogP contribution < -0.4 is 10.1 Å². The van der Waals surface area contributed by atoms with Gasteiger partial charge in [-0.2, -0.15) is 5.10 Å². The van der Waals surface area contributed by atoms with E-state index in [2.05, 4.69) is 50.7 Å². The van der Waals surface area contributed by atoms with Gasteiger partial charge in [0.25, 0.3) is 5.91 Å². The molecule has 1 atom stereocenters. The highest BCUT2D eigenvalue weighted by Gasteiger charge is 2.26. The van der Waals surface area contributed by atoms with Crippen LogP contribution in [0.3, 0.4) is 0 Å². The molecule has 1 amide bonds. The molecule has 3 aromatic heterocycles. The van der Waals surface area contributed by atoms with E-state index in [0.717, 1.165) is 40.1 Å². The molecular weight excluding hydrogens is 426 g/mol. The van der Waals surface area contributed by atoms with Crippen LogP contribution in [0.1, 0.15) is 27.4 Å². The molecule has 0 fully saturated rings. The summed E-state index contributed by atoms with van der Waals surface area (Å²) in [4.78, 5) is 21.4. The van der Waals surface area contributed by atoms with E-state index >= 15 is 0 Å². The van der Waals surface area contributed by atoms with Gasteiger partial charge >= 0.3 is 0 Å². The third-order valence-electron chi connectivity index (χ3n) is 6.26. The van der Waals surface area contributed by atoms with Crippen molar-refractivity contribution in [3.8, 4) is 16.9 Å². The van der Waals surface area contributed by atoms with Crippen molar-refractivity contribution < 1.29 is 9.53 Å². The van der Waals surface area contributed by atoms with Gasteiger partial charge in [0.15, 0.2) is 11.3 Å². The number of aromatic nitrogens is 4. The number of hydrogen-bond donors (Lipinski definition) is 1. The second-order valence-corrected chi connectivity index (χ2v) is 8.71. The maximum absolute atomic E-state index is 12.7. The standard InChI is InChI=1S/C27H23N5O2/c1-16-10-17(2)32-26(30-16)13-24(31-32)27(33)29-15-21-12-23-22-7-5-18(20-4-3-9-28-14-20)11-19(22)6-8-25(23)34-21/h3-11,13-14,21H,12,15H2,1-2H3,(H,29,33). The van der Waals surface area contributed by atoms with Crippen LogP contribution in [-0.2, 0) is 6.42 Å². The Labute approximate surface area is 196 Å². The van der Waals surface area contributed by atoms with E-state index in [1.54, 1.807) is 16.8 Å². The molecule has 168 valence electrons. The molecule has 34 heavy (non-hydrogen) atoms. The van der Waals surface area contributed by atoms with Gasteiger partial charge in [-0.15, -0.1) is 0 Å². The zero-order chi connectivity index (χ0) is 23.2. The minimum atomic E-state index is -0.229. The Morgan fingerprint density at radius 3 is 2.88 bits per heavy atom. The summed E-state index contributed by atoms with van der Waals surface area (Å²) in [5.41, 5.74) is 6.26. The number of aryl methyl sites for hydroxylation is 2. The first-order chi connectivity index (χ1) is 16.5. The predicted molar refractivity (Wildman–Crippen MR) is 130 cm³/mol. The van der Waals surface area contributed by atoms with Gasteiger partial charge in [0.1, 0.15) is 11.9 Å². The molecule has 0 aliphatic carbocycles. The molecule has 5 aromatic rings. The highest BCUT2D eigenvalue weighted by Crippen LogP contribution is 2.36. The maximum atomic E-state index is 12.7. The summed E-state index contributed by atoms with van der Waals surface area (Å²) in [7, 11) is 0. The van der Waals surface area contributed by atoms with E-state index in [9.17, 15) is 4.79 Å². The summed E-state index contributed by atoms with van der Waals surface area (Å²) >= 11 is 0. The minimum Gasteiger partial charge on any atom is -0.488 e. The van der Waals surface area contributed by atoms with Gasteiger partial charge in [0.05, 0.1) is 6.54 Å². The molecule has 0 bridgehead atoms. The quantitative estimate of drug-likeness (QED) is 0.443. The lowest BCUT2D eigenvalue weighted by Gasteiger charge is -2.11. The van der Waals surface area contributed by atoms with Crippen molar-refractivity contribution in [2.45, 2.75) is 26.4 Å². The molecular formula is C27H23N5O2. The third kappa shape index (κ3) is 3.55. The molecule has 4 heterocycles. The molecule has 1 aliphatic heterocycles. The predicted octanol–water partition coefficient (Wildman–Crippen LogP) is 4.29. The van der Waals surface area contributed by atoms with Crippen LogP contribution in [0.2, 0.25) is 0 Å². The molecule has 0 spiro atoms. The average Bonchev–Trinajstić information content (AvgIpc) is 3.47. The number of rotatable bonds is 4. The third-order valence-corrected chi connectivity index (χ3v) is 6.26. The molecule has 0 saturated heterocycles. The number of ether oxygens (including phenoxy) is 1. The Balaban J connectivity index is 1.18. The van der Waals surface area contributed by atoms with E-state index in [1.165, 1.54) is 10.9 Å². The zero-order valence-electron chi connectivity index (χ0n) is 18.9. The number of nitrogens with one attached hydrogen (secondary N) is 1. The van der Waals surface area contributed by atoms with E-state index in [-0.39, 0.29) is 12.0 Å².